The second-order valence-electron chi connectivity index (χ2n) is 4.14. The van der Waals surface area contributed by atoms with Gasteiger partial charge in [0.05, 0.1) is 11.4 Å². The number of aromatic nitrogens is 3. The molecule has 17 heavy (non-hydrogen) atoms. The van der Waals surface area contributed by atoms with Crippen molar-refractivity contribution in [1.82, 2.24) is 15.0 Å². The van der Waals surface area contributed by atoms with Gasteiger partial charge in [-0.3, -0.25) is 0 Å². The van der Waals surface area contributed by atoms with Crippen molar-refractivity contribution >= 4 is 37.7 Å². The molecule has 0 saturated heterocycles. The Balaban J connectivity index is 2.17. The minimum atomic E-state index is 0.510. The topological polar surface area (TPSA) is 56.7 Å². The number of hydrogen-bond donors (Lipinski definition) is 1. The third-order valence-corrected chi connectivity index (χ3v) is 4.00. The molecule has 1 saturated carbocycles. The Bertz CT molecular complexity index is 575. The van der Waals surface area contributed by atoms with E-state index < -0.39 is 0 Å². The molecule has 3 rings (SSSR count). The van der Waals surface area contributed by atoms with E-state index in [1.807, 2.05) is 22.9 Å². The van der Waals surface area contributed by atoms with Gasteiger partial charge in [-0.05, 0) is 47.0 Å². The van der Waals surface area contributed by atoms with Gasteiger partial charge in [0.15, 0.2) is 5.82 Å². The molecule has 2 aromatic rings. The summed E-state index contributed by atoms with van der Waals surface area (Å²) in [6.07, 6.45) is 2.34. The zero-order valence-electron chi connectivity index (χ0n) is 8.90. The molecule has 1 aromatic heterocycles. The second kappa shape index (κ2) is 4.10. The molecule has 1 aliphatic rings. The summed E-state index contributed by atoms with van der Waals surface area (Å²) >= 11 is 6.99. The van der Waals surface area contributed by atoms with E-state index in [9.17, 15) is 0 Å². The van der Waals surface area contributed by atoms with Crippen LogP contribution in [-0.4, -0.2) is 15.0 Å². The lowest BCUT2D eigenvalue weighted by atomic mass is 10.2. The molecular weight excluding hydrogens is 348 g/mol. The molecule has 1 aliphatic carbocycles. The normalized spacial score (nSPS) is 15.2. The van der Waals surface area contributed by atoms with Crippen molar-refractivity contribution in [3.63, 3.8) is 0 Å². The van der Waals surface area contributed by atoms with Gasteiger partial charge in [0.2, 0.25) is 0 Å². The van der Waals surface area contributed by atoms with Gasteiger partial charge in [0.1, 0.15) is 0 Å². The predicted octanol–water partition coefficient (Wildman–Crippen LogP) is 3.25. The lowest BCUT2D eigenvalue weighted by molar-refractivity contribution is 0.760. The van der Waals surface area contributed by atoms with Crippen LogP contribution in [0.4, 0.5) is 5.82 Å². The van der Waals surface area contributed by atoms with Gasteiger partial charge in [-0.2, -0.15) is 0 Å². The summed E-state index contributed by atoms with van der Waals surface area (Å²) < 4.78 is 3.82. The van der Waals surface area contributed by atoms with E-state index in [4.69, 9.17) is 5.73 Å². The van der Waals surface area contributed by atoms with Crippen LogP contribution in [0.5, 0.6) is 0 Å². The Morgan fingerprint density at radius 2 is 2.06 bits per heavy atom. The largest absolute Gasteiger partial charge is 0.381 e. The lowest BCUT2D eigenvalue weighted by Crippen LogP contribution is -2.03. The van der Waals surface area contributed by atoms with Crippen LogP contribution in [0.3, 0.4) is 0 Å². The maximum Gasteiger partial charge on any atom is 0.169 e. The number of nitrogen functional groups attached to an aromatic ring is 1. The summed E-state index contributed by atoms with van der Waals surface area (Å²) in [5.74, 6) is 1.05. The van der Waals surface area contributed by atoms with Crippen LogP contribution in [0, 0.1) is 0 Å². The van der Waals surface area contributed by atoms with Gasteiger partial charge < -0.3 is 5.73 Å². The average Bonchev–Trinajstić information content (AvgIpc) is 3.06. The average molecular weight is 358 g/mol. The summed E-state index contributed by atoms with van der Waals surface area (Å²) in [5, 5.41) is 8.12. The first-order valence-electron chi connectivity index (χ1n) is 5.33. The molecule has 1 heterocycles. The lowest BCUT2D eigenvalue weighted by Gasteiger charge is -2.08. The van der Waals surface area contributed by atoms with E-state index >= 15 is 0 Å². The third kappa shape index (κ3) is 1.99. The molecule has 0 atom stereocenters. The molecule has 4 nitrogen and oxygen atoms in total. The minimum absolute atomic E-state index is 0.510. The maximum atomic E-state index is 5.89. The molecule has 0 unspecified atom stereocenters. The van der Waals surface area contributed by atoms with Gasteiger partial charge in [-0.1, -0.05) is 21.1 Å². The van der Waals surface area contributed by atoms with Crippen LogP contribution in [-0.2, 0) is 0 Å². The van der Waals surface area contributed by atoms with E-state index in [2.05, 4.69) is 42.2 Å². The Hall–Kier alpha value is -0.880. The van der Waals surface area contributed by atoms with Gasteiger partial charge in [-0.25, -0.2) is 4.68 Å². The molecule has 6 heteroatoms. The van der Waals surface area contributed by atoms with Crippen LogP contribution in [0.2, 0.25) is 0 Å². The first-order valence-corrected chi connectivity index (χ1v) is 6.92. The van der Waals surface area contributed by atoms with Gasteiger partial charge in [-0.15, -0.1) is 5.10 Å². The Kier molecular flexibility index (Phi) is 2.71. The Morgan fingerprint density at radius 3 is 2.76 bits per heavy atom. The highest BCUT2D eigenvalue weighted by Gasteiger charge is 2.31. The highest BCUT2D eigenvalue weighted by atomic mass is 79.9. The fourth-order valence-electron chi connectivity index (χ4n) is 1.87. The number of nitrogens with zero attached hydrogens (tertiary/aromatic N) is 3. The smallest absolute Gasteiger partial charge is 0.169 e. The Labute approximate surface area is 115 Å². The van der Waals surface area contributed by atoms with Crippen molar-refractivity contribution < 1.29 is 0 Å². The molecule has 0 aliphatic heterocycles. The molecule has 0 bridgehead atoms. The number of hydrogen-bond acceptors (Lipinski definition) is 3. The molecule has 0 amide bonds. The molecule has 88 valence electrons. The molecule has 1 fully saturated rings. The summed E-state index contributed by atoms with van der Waals surface area (Å²) in [4.78, 5) is 0. The minimum Gasteiger partial charge on any atom is -0.381 e. The monoisotopic (exact) mass is 356 g/mol. The van der Waals surface area contributed by atoms with Crippen LogP contribution >= 0.6 is 31.9 Å². The Morgan fingerprint density at radius 1 is 1.29 bits per heavy atom. The van der Waals surface area contributed by atoms with Crippen molar-refractivity contribution in [3.8, 4) is 5.69 Å². The van der Waals surface area contributed by atoms with E-state index in [1.54, 1.807) is 0 Å². The van der Waals surface area contributed by atoms with Crippen molar-refractivity contribution in [2.45, 2.75) is 18.8 Å². The van der Waals surface area contributed by atoms with E-state index in [0.717, 1.165) is 20.3 Å². The van der Waals surface area contributed by atoms with E-state index in [1.165, 1.54) is 12.8 Å². The van der Waals surface area contributed by atoms with Crippen molar-refractivity contribution in [2.24, 2.45) is 0 Å². The summed E-state index contributed by atoms with van der Waals surface area (Å²) in [5.41, 5.74) is 7.88. The van der Waals surface area contributed by atoms with Gasteiger partial charge in [0.25, 0.3) is 0 Å². The number of nitrogens with two attached hydrogens (primary N) is 1. The number of rotatable bonds is 2. The maximum absolute atomic E-state index is 5.89. The highest BCUT2D eigenvalue weighted by molar-refractivity contribution is 9.11. The summed E-state index contributed by atoms with van der Waals surface area (Å²) in [7, 11) is 0. The number of halogens is 2. The van der Waals surface area contributed by atoms with Crippen molar-refractivity contribution in [3.05, 3.63) is 32.8 Å². The van der Waals surface area contributed by atoms with Gasteiger partial charge >= 0.3 is 0 Å². The number of benzene rings is 1. The fourth-order valence-corrected chi connectivity index (χ4v) is 2.63. The zero-order chi connectivity index (χ0) is 12.0. The summed E-state index contributed by atoms with van der Waals surface area (Å²) in [6, 6.07) is 5.96. The zero-order valence-corrected chi connectivity index (χ0v) is 12.1. The van der Waals surface area contributed by atoms with Crippen LogP contribution in [0.25, 0.3) is 5.69 Å². The number of anilines is 1. The first kappa shape index (κ1) is 11.2. The first-order chi connectivity index (χ1) is 8.16. The van der Waals surface area contributed by atoms with Crippen molar-refractivity contribution in [1.29, 1.82) is 0 Å². The fraction of sp³-hybridized carbons (Fsp3) is 0.273. The van der Waals surface area contributed by atoms with E-state index in [0.29, 0.717) is 11.7 Å². The van der Waals surface area contributed by atoms with Crippen LogP contribution in [0.1, 0.15) is 24.5 Å². The summed E-state index contributed by atoms with van der Waals surface area (Å²) in [6.45, 7) is 0. The third-order valence-electron chi connectivity index (χ3n) is 2.83. The predicted molar refractivity (Wildman–Crippen MR) is 73.1 cm³/mol. The van der Waals surface area contributed by atoms with Crippen LogP contribution < -0.4 is 5.73 Å². The SMILES string of the molecule is Nc1nnn(-c2cc(Br)ccc2Br)c1C1CC1. The molecule has 1 aromatic carbocycles. The second-order valence-corrected chi connectivity index (χ2v) is 5.91. The highest BCUT2D eigenvalue weighted by Crippen LogP contribution is 2.43. The van der Waals surface area contributed by atoms with E-state index in [-0.39, 0.29) is 0 Å². The molecule has 0 radical (unpaired) electrons. The quantitative estimate of drug-likeness (QED) is 0.897. The molecular formula is C11H10Br2N4. The standard InChI is InChI=1S/C11H10Br2N4/c12-7-3-4-8(13)9(5-7)17-10(6-1-2-6)11(14)15-16-17/h3-6H,1-2,14H2. The molecule has 2 N–H and O–H groups in total. The van der Waals surface area contributed by atoms with Crippen molar-refractivity contribution in [2.75, 3.05) is 5.73 Å². The van der Waals surface area contributed by atoms with Gasteiger partial charge in [0, 0.05) is 14.9 Å². The van der Waals surface area contributed by atoms with Crippen LogP contribution in [0.15, 0.2) is 27.1 Å². The molecule has 0 spiro atoms.